The number of hydrogen-bond acceptors (Lipinski definition) is 4. The van der Waals surface area contributed by atoms with Crippen LogP contribution in [0.1, 0.15) is 30.0 Å². The van der Waals surface area contributed by atoms with Gasteiger partial charge in [-0.15, -0.1) is 0 Å². The second kappa shape index (κ2) is 9.33. The third kappa shape index (κ3) is 4.30. The molecule has 0 fully saturated rings. The molecule has 2 heterocycles. The van der Waals surface area contributed by atoms with Crippen molar-refractivity contribution >= 4 is 34.8 Å². The molecule has 1 aliphatic rings. The van der Waals surface area contributed by atoms with Crippen molar-refractivity contribution in [2.24, 2.45) is 0 Å². The number of rotatable bonds is 5. The minimum atomic E-state index is -0.449. The number of hydrogen-bond donors (Lipinski definition) is 1. The van der Waals surface area contributed by atoms with Gasteiger partial charge in [-0.3, -0.25) is 4.90 Å². The zero-order valence-electron chi connectivity index (χ0n) is 18.2. The fraction of sp³-hybridized carbons (Fsp3) is 0.115. The van der Waals surface area contributed by atoms with Gasteiger partial charge >= 0.3 is 6.03 Å². The van der Waals surface area contributed by atoms with Crippen LogP contribution in [0.25, 0.3) is 17.0 Å². The number of nitrogens with zero attached hydrogens (tertiary/aromatic N) is 3. The van der Waals surface area contributed by atoms with Gasteiger partial charge < -0.3 is 9.84 Å². The van der Waals surface area contributed by atoms with E-state index in [0.717, 1.165) is 22.3 Å². The maximum Gasteiger partial charge on any atom is 0.322 e. The first-order valence-corrected chi connectivity index (χ1v) is 11.4. The van der Waals surface area contributed by atoms with Crippen LogP contribution in [0.15, 0.2) is 89.1 Å². The fourth-order valence-electron chi connectivity index (χ4n) is 3.99. The summed E-state index contributed by atoms with van der Waals surface area (Å²) in [5.41, 5.74) is 3.97. The number of urea groups is 1. The van der Waals surface area contributed by atoms with E-state index in [0.29, 0.717) is 34.0 Å². The third-order valence-corrected chi connectivity index (χ3v) is 6.40. The Balaban J connectivity index is 1.60. The molecule has 8 heteroatoms. The van der Waals surface area contributed by atoms with Crippen LogP contribution in [0.4, 0.5) is 4.79 Å². The molecule has 0 saturated carbocycles. The van der Waals surface area contributed by atoms with Gasteiger partial charge in [-0.25, -0.2) is 4.79 Å². The number of halogens is 2. The van der Waals surface area contributed by atoms with Gasteiger partial charge in [0.1, 0.15) is 0 Å². The van der Waals surface area contributed by atoms with Crippen molar-refractivity contribution < 1.29 is 9.32 Å². The second-order valence-electron chi connectivity index (χ2n) is 7.90. The predicted octanol–water partition coefficient (Wildman–Crippen LogP) is 6.74. The summed E-state index contributed by atoms with van der Waals surface area (Å²) in [7, 11) is 0. The SMILES string of the molecule is CC1=C(c2nc(-c3ccc(Cl)cc3)no2)C(c2ccccc2)NC(=O)N1Cc1ccccc1Cl. The lowest BCUT2D eigenvalue weighted by molar-refractivity contribution is 0.203. The summed E-state index contributed by atoms with van der Waals surface area (Å²) in [6.07, 6.45) is 0. The molecule has 0 radical (unpaired) electrons. The summed E-state index contributed by atoms with van der Waals surface area (Å²) < 4.78 is 5.71. The van der Waals surface area contributed by atoms with Crippen LogP contribution in [0.2, 0.25) is 10.0 Å². The van der Waals surface area contributed by atoms with Gasteiger partial charge in [0.15, 0.2) is 0 Å². The summed E-state index contributed by atoms with van der Waals surface area (Å²) in [6, 6.07) is 23.7. The number of carbonyl (C=O) groups excluding carboxylic acids is 1. The molecule has 0 saturated heterocycles. The Bertz CT molecular complexity index is 1370. The zero-order chi connectivity index (χ0) is 23.7. The smallest absolute Gasteiger partial charge is 0.322 e. The molecule has 6 nitrogen and oxygen atoms in total. The van der Waals surface area contributed by atoms with E-state index >= 15 is 0 Å². The largest absolute Gasteiger partial charge is 0.334 e. The van der Waals surface area contributed by atoms with Gasteiger partial charge in [0.25, 0.3) is 5.89 Å². The standard InChI is InChI=1S/C26H20Cl2N4O2/c1-16-22(25-30-24(31-34-25)18-11-13-20(27)14-12-18)23(17-7-3-2-4-8-17)29-26(33)32(16)15-19-9-5-6-10-21(19)28/h2-14,23H,15H2,1H3,(H,29,33). The van der Waals surface area contributed by atoms with Gasteiger partial charge in [-0.2, -0.15) is 4.98 Å². The molecule has 2 amide bonds. The first kappa shape index (κ1) is 22.2. The number of benzene rings is 3. The lowest BCUT2D eigenvalue weighted by Gasteiger charge is -2.35. The lowest BCUT2D eigenvalue weighted by atomic mass is 9.94. The number of aromatic nitrogens is 2. The van der Waals surface area contributed by atoms with Crippen molar-refractivity contribution in [2.45, 2.75) is 19.5 Å². The van der Waals surface area contributed by atoms with Crippen LogP contribution in [0.5, 0.6) is 0 Å². The normalized spacial score (nSPS) is 16.0. The van der Waals surface area contributed by atoms with Crippen molar-refractivity contribution in [1.29, 1.82) is 0 Å². The molecule has 1 atom stereocenters. The Morgan fingerprint density at radius 3 is 2.41 bits per heavy atom. The molecule has 3 aromatic carbocycles. The Morgan fingerprint density at radius 2 is 1.68 bits per heavy atom. The molecule has 1 N–H and O–H groups in total. The molecular formula is C26H20Cl2N4O2. The molecule has 5 rings (SSSR count). The maximum atomic E-state index is 13.2. The molecule has 0 spiro atoms. The molecule has 1 aromatic heterocycles. The van der Waals surface area contributed by atoms with E-state index in [4.69, 9.17) is 27.7 Å². The fourth-order valence-corrected chi connectivity index (χ4v) is 4.31. The number of allylic oxidation sites excluding steroid dienone is 1. The molecule has 1 aliphatic heterocycles. The molecule has 170 valence electrons. The third-order valence-electron chi connectivity index (χ3n) is 5.77. The molecule has 0 bridgehead atoms. The highest BCUT2D eigenvalue weighted by atomic mass is 35.5. The monoisotopic (exact) mass is 490 g/mol. The van der Waals surface area contributed by atoms with E-state index in [1.165, 1.54) is 0 Å². The quantitative estimate of drug-likeness (QED) is 0.336. The van der Waals surface area contributed by atoms with E-state index in [2.05, 4.69) is 15.5 Å². The van der Waals surface area contributed by atoms with Crippen LogP contribution in [0.3, 0.4) is 0 Å². The Morgan fingerprint density at radius 1 is 0.971 bits per heavy atom. The lowest BCUT2D eigenvalue weighted by Crippen LogP contribution is -2.45. The van der Waals surface area contributed by atoms with Gasteiger partial charge in [-0.1, -0.05) is 76.9 Å². The number of nitrogens with one attached hydrogen (secondary N) is 1. The van der Waals surface area contributed by atoms with Crippen LogP contribution in [0, 0.1) is 0 Å². The Kier molecular flexibility index (Phi) is 6.09. The molecule has 0 aliphatic carbocycles. The van der Waals surface area contributed by atoms with E-state index in [1.54, 1.807) is 17.0 Å². The highest BCUT2D eigenvalue weighted by Crippen LogP contribution is 2.38. The minimum absolute atomic E-state index is 0.229. The molecule has 4 aromatic rings. The van der Waals surface area contributed by atoms with Gasteiger partial charge in [0.2, 0.25) is 5.82 Å². The number of carbonyl (C=O) groups is 1. The molecule has 1 unspecified atom stereocenters. The number of amides is 2. The highest BCUT2D eigenvalue weighted by Gasteiger charge is 2.35. The van der Waals surface area contributed by atoms with Crippen molar-refractivity contribution in [3.05, 3.63) is 112 Å². The summed E-state index contributed by atoms with van der Waals surface area (Å²) in [5, 5.41) is 8.50. The topological polar surface area (TPSA) is 71.3 Å². The molecule has 34 heavy (non-hydrogen) atoms. The van der Waals surface area contributed by atoms with Crippen LogP contribution in [-0.2, 0) is 6.54 Å². The van der Waals surface area contributed by atoms with Crippen LogP contribution >= 0.6 is 23.2 Å². The van der Waals surface area contributed by atoms with Crippen molar-refractivity contribution in [2.75, 3.05) is 0 Å². The summed E-state index contributed by atoms with van der Waals surface area (Å²) in [4.78, 5) is 19.5. The second-order valence-corrected chi connectivity index (χ2v) is 8.74. The van der Waals surface area contributed by atoms with Crippen LogP contribution in [-0.4, -0.2) is 21.1 Å². The minimum Gasteiger partial charge on any atom is -0.334 e. The average Bonchev–Trinajstić information content (AvgIpc) is 3.33. The van der Waals surface area contributed by atoms with Crippen molar-refractivity contribution in [1.82, 2.24) is 20.4 Å². The maximum absolute atomic E-state index is 13.2. The first-order valence-electron chi connectivity index (χ1n) is 10.7. The predicted molar refractivity (Wildman–Crippen MR) is 132 cm³/mol. The zero-order valence-corrected chi connectivity index (χ0v) is 19.7. The Hall–Kier alpha value is -3.61. The van der Waals surface area contributed by atoms with E-state index in [1.807, 2.05) is 73.7 Å². The summed E-state index contributed by atoms with van der Waals surface area (Å²) in [5.74, 6) is 0.772. The van der Waals surface area contributed by atoms with Crippen molar-refractivity contribution in [3.63, 3.8) is 0 Å². The van der Waals surface area contributed by atoms with E-state index in [-0.39, 0.29) is 6.03 Å². The van der Waals surface area contributed by atoms with Gasteiger partial charge in [0.05, 0.1) is 18.2 Å². The first-order chi connectivity index (χ1) is 16.5. The van der Waals surface area contributed by atoms with E-state index in [9.17, 15) is 4.79 Å². The molecular weight excluding hydrogens is 471 g/mol. The van der Waals surface area contributed by atoms with Gasteiger partial charge in [0, 0.05) is 21.3 Å². The van der Waals surface area contributed by atoms with Gasteiger partial charge in [-0.05, 0) is 48.4 Å². The Labute approximate surface area is 206 Å². The van der Waals surface area contributed by atoms with E-state index < -0.39 is 6.04 Å². The highest BCUT2D eigenvalue weighted by molar-refractivity contribution is 6.31. The van der Waals surface area contributed by atoms with Crippen LogP contribution < -0.4 is 5.32 Å². The average molecular weight is 491 g/mol. The summed E-state index contributed by atoms with van der Waals surface area (Å²) in [6.45, 7) is 2.19. The summed E-state index contributed by atoms with van der Waals surface area (Å²) >= 11 is 12.4. The van der Waals surface area contributed by atoms with Crippen molar-refractivity contribution in [3.8, 4) is 11.4 Å².